The van der Waals surface area contributed by atoms with E-state index in [1.807, 2.05) is 6.92 Å². The largest absolute Gasteiger partial charge is 0.490 e. The van der Waals surface area contributed by atoms with Gasteiger partial charge in [0, 0.05) is 12.6 Å². The van der Waals surface area contributed by atoms with Crippen molar-refractivity contribution in [3.8, 4) is 0 Å². The first-order valence-electron chi connectivity index (χ1n) is 9.62. The number of nitrogens with two attached hydrogens (primary N) is 1. The van der Waals surface area contributed by atoms with Crippen LogP contribution in [0.5, 0.6) is 0 Å². The molecule has 6 atom stereocenters. The van der Waals surface area contributed by atoms with Crippen molar-refractivity contribution in [2.75, 3.05) is 18.9 Å². The topological polar surface area (TPSA) is 239 Å². The molecule has 1 aliphatic heterocycles. The summed E-state index contributed by atoms with van der Waals surface area (Å²) in [6.07, 6.45) is -0.522. The average molecular weight is 537 g/mol. The minimum Gasteiger partial charge on any atom is -0.390 e. The van der Waals surface area contributed by atoms with Crippen LogP contribution in [0.1, 0.15) is 38.8 Å². The van der Waals surface area contributed by atoms with Crippen molar-refractivity contribution in [2.24, 2.45) is 0 Å². The van der Waals surface area contributed by atoms with E-state index in [1.165, 1.54) is 12.3 Å². The molecule has 0 amide bonds. The van der Waals surface area contributed by atoms with Gasteiger partial charge in [0.05, 0.1) is 19.3 Å². The zero-order valence-corrected chi connectivity index (χ0v) is 20.1. The maximum atomic E-state index is 12.0. The molecule has 0 aliphatic carbocycles. The highest BCUT2D eigenvalue weighted by atomic mass is 31.3. The molecule has 1 aromatic rings. The second kappa shape index (κ2) is 11.6. The third kappa shape index (κ3) is 9.29. The lowest BCUT2D eigenvalue weighted by Gasteiger charge is -2.20. The van der Waals surface area contributed by atoms with Crippen molar-refractivity contribution in [3.05, 3.63) is 22.7 Å². The molecule has 3 unspecified atom stereocenters. The van der Waals surface area contributed by atoms with E-state index in [0.29, 0.717) is 12.8 Å². The summed E-state index contributed by atoms with van der Waals surface area (Å²) in [7, 11) is -16.0. The maximum absolute atomic E-state index is 12.0. The molecule has 19 heteroatoms. The van der Waals surface area contributed by atoms with Crippen LogP contribution in [0, 0.1) is 0 Å². The Morgan fingerprint density at radius 3 is 2.39 bits per heavy atom. The Bertz CT molecular complexity index is 1000. The standard InChI is InChI=1S/C14H26N3O13P3/c1-2-3-4-7-26-31(20,21)29-33(24,25)30-32(22,23)27-9-11-10(18)8-13(28-11)17-6-5-12(15)16-14(17)19/h5-6,10-11,13,18H,2-4,7-9H2,1H3,(H,20,21)(H,22,23)(H,24,25)(H2,15,16,19)/t10-,11-,13-/m1/s1. The van der Waals surface area contributed by atoms with Crippen LogP contribution in [-0.4, -0.2) is 54.8 Å². The Morgan fingerprint density at radius 1 is 1.15 bits per heavy atom. The van der Waals surface area contributed by atoms with Gasteiger partial charge in [0.15, 0.2) is 0 Å². The minimum atomic E-state index is -5.58. The summed E-state index contributed by atoms with van der Waals surface area (Å²) in [5.74, 6) is -0.0255. The van der Waals surface area contributed by atoms with Crippen LogP contribution in [0.3, 0.4) is 0 Å². The number of rotatable bonds is 13. The third-order valence-corrected chi connectivity index (χ3v) is 8.47. The zero-order chi connectivity index (χ0) is 24.9. The van der Waals surface area contributed by atoms with Crippen molar-refractivity contribution in [2.45, 2.75) is 51.0 Å². The highest BCUT2D eigenvalue weighted by Gasteiger charge is 2.43. The lowest BCUT2D eigenvalue weighted by Crippen LogP contribution is -2.28. The molecule has 1 saturated heterocycles. The summed E-state index contributed by atoms with van der Waals surface area (Å²) in [5.41, 5.74) is 4.64. The van der Waals surface area contributed by atoms with E-state index in [1.54, 1.807) is 0 Å². The monoisotopic (exact) mass is 537 g/mol. The fourth-order valence-electron chi connectivity index (χ4n) is 2.70. The molecule has 2 heterocycles. The van der Waals surface area contributed by atoms with Gasteiger partial charge in [-0.15, -0.1) is 0 Å². The number of aromatic nitrogens is 2. The highest BCUT2D eigenvalue weighted by molar-refractivity contribution is 7.66. The molecule has 0 bridgehead atoms. The van der Waals surface area contributed by atoms with Gasteiger partial charge in [-0.3, -0.25) is 13.6 Å². The number of ether oxygens (including phenoxy) is 1. The number of unbranched alkanes of at least 4 members (excludes halogenated alkanes) is 2. The predicted molar refractivity (Wildman–Crippen MR) is 111 cm³/mol. The Hall–Kier alpha value is -0.990. The molecule has 1 fully saturated rings. The summed E-state index contributed by atoms with van der Waals surface area (Å²) < 4.78 is 58.9. The van der Waals surface area contributed by atoms with E-state index < -0.39 is 54.2 Å². The summed E-state index contributed by atoms with van der Waals surface area (Å²) in [4.78, 5) is 44.0. The van der Waals surface area contributed by atoms with Gasteiger partial charge >= 0.3 is 29.2 Å². The number of anilines is 1. The summed E-state index contributed by atoms with van der Waals surface area (Å²) in [5, 5.41) is 10.1. The maximum Gasteiger partial charge on any atom is 0.490 e. The molecule has 33 heavy (non-hydrogen) atoms. The van der Waals surface area contributed by atoms with Gasteiger partial charge in [-0.05, 0) is 12.5 Å². The highest BCUT2D eigenvalue weighted by Crippen LogP contribution is 2.67. The van der Waals surface area contributed by atoms with E-state index in [9.17, 15) is 38.3 Å². The van der Waals surface area contributed by atoms with Crippen LogP contribution in [-0.2, 0) is 36.1 Å². The van der Waals surface area contributed by atoms with Gasteiger partial charge in [0.25, 0.3) is 0 Å². The molecule has 1 aromatic heterocycles. The lowest BCUT2D eigenvalue weighted by atomic mass is 10.2. The molecule has 0 aromatic carbocycles. The predicted octanol–water partition coefficient (Wildman–Crippen LogP) is 1.03. The fraction of sp³-hybridized carbons (Fsp3) is 0.714. The summed E-state index contributed by atoms with van der Waals surface area (Å²) in [6, 6.07) is 1.32. The number of aliphatic hydroxyl groups is 1. The van der Waals surface area contributed by atoms with Crippen LogP contribution in [0.4, 0.5) is 5.82 Å². The van der Waals surface area contributed by atoms with Gasteiger partial charge in [-0.25, -0.2) is 18.5 Å². The van der Waals surface area contributed by atoms with Crippen LogP contribution < -0.4 is 11.4 Å². The smallest absolute Gasteiger partial charge is 0.390 e. The van der Waals surface area contributed by atoms with Gasteiger partial charge < -0.3 is 30.3 Å². The van der Waals surface area contributed by atoms with Gasteiger partial charge in [0.2, 0.25) is 0 Å². The number of phosphoric ester groups is 2. The Kier molecular flexibility index (Phi) is 9.95. The zero-order valence-electron chi connectivity index (χ0n) is 17.4. The number of hydrogen-bond donors (Lipinski definition) is 5. The quantitative estimate of drug-likeness (QED) is 0.174. The van der Waals surface area contributed by atoms with E-state index in [-0.39, 0.29) is 18.8 Å². The molecule has 6 N–H and O–H groups in total. The first-order chi connectivity index (χ1) is 15.2. The van der Waals surface area contributed by atoms with Crippen molar-refractivity contribution in [1.82, 2.24) is 9.55 Å². The number of hydrogen-bond acceptors (Lipinski definition) is 12. The third-order valence-electron chi connectivity index (χ3n) is 4.18. The molecule has 0 spiro atoms. The number of nitrogen functional groups attached to an aromatic ring is 1. The average Bonchev–Trinajstić information content (AvgIpc) is 3.02. The normalized spacial score (nSPS) is 26.4. The Balaban J connectivity index is 1.90. The number of aliphatic hydroxyl groups excluding tert-OH is 1. The number of nitrogens with zero attached hydrogens (tertiary/aromatic N) is 2. The van der Waals surface area contributed by atoms with Crippen LogP contribution >= 0.6 is 23.5 Å². The Morgan fingerprint density at radius 2 is 1.79 bits per heavy atom. The second-order valence-corrected chi connectivity index (χ2v) is 11.5. The van der Waals surface area contributed by atoms with E-state index >= 15 is 0 Å². The first-order valence-corrected chi connectivity index (χ1v) is 14.1. The molecule has 2 rings (SSSR count). The lowest BCUT2D eigenvalue weighted by molar-refractivity contribution is -0.0449. The second-order valence-electron chi connectivity index (χ2n) is 6.88. The van der Waals surface area contributed by atoms with E-state index in [4.69, 9.17) is 10.5 Å². The molecular formula is C14H26N3O13P3. The van der Waals surface area contributed by atoms with E-state index in [0.717, 1.165) is 11.0 Å². The van der Waals surface area contributed by atoms with Crippen molar-refractivity contribution in [3.63, 3.8) is 0 Å². The van der Waals surface area contributed by atoms with Gasteiger partial charge in [-0.1, -0.05) is 19.8 Å². The van der Waals surface area contributed by atoms with Crippen molar-refractivity contribution >= 4 is 29.3 Å². The van der Waals surface area contributed by atoms with Gasteiger partial charge in [-0.2, -0.15) is 13.6 Å². The minimum absolute atomic E-state index is 0.0255. The SMILES string of the molecule is CCCCCOP(=O)(O)OP(=O)(O)OP(=O)(O)OC[C@H]1O[C@@H](n2ccc(N)nc2=O)C[C@H]1O. The first kappa shape index (κ1) is 28.2. The molecule has 16 nitrogen and oxygen atoms in total. The molecule has 1 aliphatic rings. The fourth-order valence-corrected chi connectivity index (χ4v) is 6.25. The van der Waals surface area contributed by atoms with Crippen LogP contribution in [0.25, 0.3) is 0 Å². The van der Waals surface area contributed by atoms with Crippen LogP contribution in [0.15, 0.2) is 17.1 Å². The molecule has 190 valence electrons. The number of phosphoric acid groups is 3. The molecule has 0 radical (unpaired) electrons. The van der Waals surface area contributed by atoms with Crippen molar-refractivity contribution in [1.29, 1.82) is 0 Å². The van der Waals surface area contributed by atoms with Crippen LogP contribution in [0.2, 0.25) is 0 Å². The summed E-state index contributed by atoms with van der Waals surface area (Å²) in [6.45, 7) is 0.793. The summed E-state index contributed by atoms with van der Waals surface area (Å²) >= 11 is 0. The Labute approximate surface area is 188 Å². The van der Waals surface area contributed by atoms with E-state index in [2.05, 4.69) is 22.7 Å². The molecule has 0 saturated carbocycles. The van der Waals surface area contributed by atoms with Gasteiger partial charge in [0.1, 0.15) is 18.1 Å². The van der Waals surface area contributed by atoms with Crippen molar-refractivity contribution < 1.29 is 55.9 Å². The molecular weight excluding hydrogens is 511 g/mol.